The van der Waals surface area contributed by atoms with Crippen molar-refractivity contribution in [1.82, 2.24) is 0 Å². The smallest absolute Gasteiger partial charge is 0.132 e. The van der Waals surface area contributed by atoms with Crippen molar-refractivity contribution in [3.8, 4) is 56.4 Å². The van der Waals surface area contributed by atoms with E-state index in [1.54, 1.807) is 0 Å². The van der Waals surface area contributed by atoms with Gasteiger partial charge in [-0.2, -0.15) is 0 Å². The molecule has 0 saturated carbocycles. The molecule has 0 fully saturated rings. The van der Waals surface area contributed by atoms with Crippen LogP contribution < -0.4 is 0 Å². The van der Waals surface area contributed by atoms with Crippen LogP contribution in [0.25, 0.3) is 76.5 Å². The lowest BCUT2D eigenvalue weighted by molar-refractivity contribution is 0.468. The van der Waals surface area contributed by atoms with Crippen LogP contribution in [0.5, 0.6) is 23.0 Å². The van der Waals surface area contributed by atoms with Gasteiger partial charge in [-0.05, 0) is 56.6 Å². The first-order chi connectivity index (χ1) is 21.5. The molecule has 0 aliphatic carbocycles. The molecule has 0 amide bonds. The molecule has 4 nitrogen and oxygen atoms in total. The van der Waals surface area contributed by atoms with Gasteiger partial charge < -0.3 is 20.4 Å². The summed E-state index contributed by atoms with van der Waals surface area (Å²) >= 11 is 0. The molecule has 0 aliphatic rings. The highest BCUT2D eigenvalue weighted by atomic mass is 16.3. The third kappa shape index (κ3) is 3.78. The van der Waals surface area contributed by atoms with Crippen molar-refractivity contribution >= 4 is 43.1 Å². The van der Waals surface area contributed by atoms with E-state index >= 15 is 0 Å². The molecule has 0 radical (unpaired) electrons. The Morgan fingerprint density at radius 2 is 0.614 bits per heavy atom. The molecule has 0 unspecified atom stereocenters. The molecule has 0 atom stereocenters. The Morgan fingerprint density at radius 3 is 1.02 bits per heavy atom. The van der Waals surface area contributed by atoms with E-state index < -0.39 is 0 Å². The Morgan fingerprint density at radius 1 is 0.273 bits per heavy atom. The van der Waals surface area contributed by atoms with E-state index in [2.05, 4.69) is 0 Å². The predicted molar refractivity (Wildman–Crippen MR) is 179 cm³/mol. The average Bonchev–Trinajstić information content (AvgIpc) is 3.06. The molecule has 8 aromatic rings. The second-order valence-electron chi connectivity index (χ2n) is 11.1. The zero-order chi connectivity index (χ0) is 29.9. The minimum absolute atomic E-state index is 0.0605. The van der Waals surface area contributed by atoms with Crippen LogP contribution >= 0.6 is 0 Å². The molecule has 0 aromatic heterocycles. The van der Waals surface area contributed by atoms with Gasteiger partial charge >= 0.3 is 0 Å². The van der Waals surface area contributed by atoms with Gasteiger partial charge in [-0.15, -0.1) is 0 Å². The fourth-order valence-electron chi connectivity index (χ4n) is 6.53. The number of aromatic hydroxyl groups is 4. The van der Waals surface area contributed by atoms with E-state index in [0.29, 0.717) is 44.2 Å². The summed E-state index contributed by atoms with van der Waals surface area (Å²) in [6.45, 7) is 0. The molecule has 44 heavy (non-hydrogen) atoms. The summed E-state index contributed by atoms with van der Waals surface area (Å²) in [5.41, 5.74) is 2.76. The topological polar surface area (TPSA) is 80.9 Å². The SMILES string of the molecule is Oc1c(-c2ccc3ccccc3c2O)cc2ccccc2c1-c1c(O)c(-c2ccc3ccccc3c2O)cc2ccccc12. The maximum absolute atomic E-state index is 12.2. The summed E-state index contributed by atoms with van der Waals surface area (Å²) < 4.78 is 0. The molecule has 8 aromatic carbocycles. The maximum Gasteiger partial charge on any atom is 0.132 e. The van der Waals surface area contributed by atoms with Gasteiger partial charge in [-0.1, -0.05) is 109 Å². The quantitative estimate of drug-likeness (QED) is 0.170. The van der Waals surface area contributed by atoms with Crippen LogP contribution in [0.15, 0.2) is 133 Å². The first-order valence-corrected chi connectivity index (χ1v) is 14.4. The Hall–Kier alpha value is -6.00. The molecule has 4 heteroatoms. The maximum atomic E-state index is 12.2. The standard InChI is InChI=1S/C40H26O4/c41-37-29-15-7-1-9-23(29)17-19-31(37)33-21-25-11-3-5-13-27(25)35(39(33)43)36-28-14-6-4-12-26(28)22-34(40(36)44)32-20-18-24-10-2-8-16-30(24)38(32)42/h1-22,41-44H. The fourth-order valence-corrected chi connectivity index (χ4v) is 6.53. The van der Waals surface area contributed by atoms with Gasteiger partial charge in [0.15, 0.2) is 0 Å². The highest BCUT2D eigenvalue weighted by Gasteiger charge is 2.25. The van der Waals surface area contributed by atoms with Crippen molar-refractivity contribution in [3.63, 3.8) is 0 Å². The highest BCUT2D eigenvalue weighted by Crippen LogP contribution is 2.53. The van der Waals surface area contributed by atoms with Crippen molar-refractivity contribution in [3.05, 3.63) is 133 Å². The number of hydrogen-bond acceptors (Lipinski definition) is 4. The molecule has 0 heterocycles. The van der Waals surface area contributed by atoms with Gasteiger partial charge in [0, 0.05) is 44.2 Å². The van der Waals surface area contributed by atoms with Gasteiger partial charge in [0.25, 0.3) is 0 Å². The van der Waals surface area contributed by atoms with Crippen LogP contribution in [-0.4, -0.2) is 20.4 Å². The molecule has 0 spiro atoms. The Kier molecular flexibility index (Phi) is 5.71. The third-order valence-corrected chi connectivity index (χ3v) is 8.68. The number of hydrogen-bond donors (Lipinski definition) is 4. The fraction of sp³-hybridized carbons (Fsp3) is 0. The van der Waals surface area contributed by atoms with Crippen molar-refractivity contribution < 1.29 is 20.4 Å². The molecule has 0 bridgehead atoms. The first kappa shape index (κ1) is 25.7. The largest absolute Gasteiger partial charge is 0.507 e. The molecular weight excluding hydrogens is 544 g/mol. The predicted octanol–water partition coefficient (Wildman–Crippen LogP) is 10.1. The average molecular weight is 571 g/mol. The van der Waals surface area contributed by atoms with Crippen LogP contribution in [0.3, 0.4) is 0 Å². The minimum atomic E-state index is -0.0605. The van der Waals surface area contributed by atoms with Crippen molar-refractivity contribution in [1.29, 1.82) is 0 Å². The molecular formula is C40H26O4. The number of phenols is 4. The summed E-state index contributed by atoms with van der Waals surface area (Å²) in [6.07, 6.45) is 0. The summed E-state index contributed by atoms with van der Waals surface area (Å²) in [5, 5.41) is 53.4. The summed E-state index contributed by atoms with van der Waals surface area (Å²) in [4.78, 5) is 0. The van der Waals surface area contributed by atoms with E-state index in [9.17, 15) is 20.4 Å². The van der Waals surface area contributed by atoms with Crippen LogP contribution in [0.2, 0.25) is 0 Å². The first-order valence-electron chi connectivity index (χ1n) is 14.4. The molecule has 0 aliphatic heterocycles. The van der Waals surface area contributed by atoms with Crippen LogP contribution in [0.1, 0.15) is 0 Å². The lowest BCUT2D eigenvalue weighted by Crippen LogP contribution is -1.93. The Bertz CT molecular complexity index is 2270. The lowest BCUT2D eigenvalue weighted by atomic mass is 9.85. The number of fused-ring (bicyclic) bond motifs is 4. The zero-order valence-electron chi connectivity index (χ0n) is 23.5. The lowest BCUT2D eigenvalue weighted by Gasteiger charge is -2.20. The minimum Gasteiger partial charge on any atom is -0.507 e. The molecule has 8 rings (SSSR count). The van der Waals surface area contributed by atoms with E-state index in [0.717, 1.165) is 32.3 Å². The van der Waals surface area contributed by atoms with Gasteiger partial charge in [0.2, 0.25) is 0 Å². The second kappa shape index (κ2) is 9.79. The normalized spacial score (nSPS) is 11.5. The van der Waals surface area contributed by atoms with Gasteiger partial charge in [-0.3, -0.25) is 0 Å². The molecule has 4 N–H and O–H groups in total. The highest BCUT2D eigenvalue weighted by molar-refractivity contribution is 6.15. The Balaban J connectivity index is 1.49. The van der Waals surface area contributed by atoms with E-state index in [4.69, 9.17) is 0 Å². The molecule has 0 saturated heterocycles. The number of phenolic OH excluding ortho intramolecular Hbond substituents is 4. The monoisotopic (exact) mass is 570 g/mol. The van der Waals surface area contributed by atoms with Crippen LogP contribution in [0.4, 0.5) is 0 Å². The van der Waals surface area contributed by atoms with Crippen LogP contribution in [0, 0.1) is 0 Å². The zero-order valence-corrected chi connectivity index (χ0v) is 23.5. The van der Waals surface area contributed by atoms with E-state index in [-0.39, 0.29) is 23.0 Å². The van der Waals surface area contributed by atoms with Gasteiger partial charge in [0.1, 0.15) is 23.0 Å². The van der Waals surface area contributed by atoms with E-state index in [1.165, 1.54) is 0 Å². The van der Waals surface area contributed by atoms with Gasteiger partial charge in [-0.25, -0.2) is 0 Å². The van der Waals surface area contributed by atoms with Gasteiger partial charge in [0.05, 0.1) is 0 Å². The van der Waals surface area contributed by atoms with Crippen molar-refractivity contribution in [2.75, 3.05) is 0 Å². The Labute approximate surface area is 253 Å². The van der Waals surface area contributed by atoms with Crippen molar-refractivity contribution in [2.45, 2.75) is 0 Å². The van der Waals surface area contributed by atoms with E-state index in [1.807, 2.05) is 133 Å². The number of rotatable bonds is 3. The summed E-state index contributed by atoms with van der Waals surface area (Å²) in [5.74, 6) is 0.0244. The van der Waals surface area contributed by atoms with Crippen molar-refractivity contribution in [2.24, 2.45) is 0 Å². The summed E-state index contributed by atoms with van der Waals surface area (Å²) in [6, 6.07) is 41.8. The summed E-state index contributed by atoms with van der Waals surface area (Å²) in [7, 11) is 0. The second-order valence-corrected chi connectivity index (χ2v) is 11.1. The third-order valence-electron chi connectivity index (χ3n) is 8.68. The number of benzene rings is 8. The molecule has 210 valence electrons. The van der Waals surface area contributed by atoms with Crippen LogP contribution in [-0.2, 0) is 0 Å².